The molecule has 0 spiro atoms. The van der Waals surface area contributed by atoms with Gasteiger partial charge in [0.1, 0.15) is 5.60 Å². The van der Waals surface area contributed by atoms with E-state index in [-0.39, 0.29) is 0 Å². The largest absolute Gasteiger partial charge is 0.443 e. The second-order valence-corrected chi connectivity index (χ2v) is 4.88. The predicted molar refractivity (Wildman–Crippen MR) is 64.6 cm³/mol. The lowest BCUT2D eigenvalue weighted by molar-refractivity contribution is 0.0244. The molecule has 0 radical (unpaired) electrons. The first-order valence-corrected chi connectivity index (χ1v) is 5.82. The van der Waals surface area contributed by atoms with Crippen molar-refractivity contribution in [2.24, 2.45) is 11.6 Å². The molecule has 0 aromatic carbocycles. The summed E-state index contributed by atoms with van der Waals surface area (Å²) in [5.41, 5.74) is 4.89. The minimum Gasteiger partial charge on any atom is -0.443 e. The maximum Gasteiger partial charge on any atom is 0.424 e. The van der Waals surface area contributed by atoms with E-state index in [1.54, 1.807) is 0 Å². The number of rotatable bonds is 6. The van der Waals surface area contributed by atoms with Gasteiger partial charge in [-0.3, -0.25) is 0 Å². The normalized spacial score (nSPS) is 11.3. The van der Waals surface area contributed by atoms with Crippen LogP contribution in [0.3, 0.4) is 0 Å². The molecule has 5 nitrogen and oxygen atoms in total. The lowest BCUT2D eigenvalue weighted by atomic mass is 10.2. The molecule has 0 aliphatic heterocycles. The van der Waals surface area contributed by atoms with Crippen LogP contribution >= 0.6 is 0 Å². The Kier molecular flexibility index (Phi) is 7.08. The average Bonchev–Trinajstić information content (AvgIpc) is 2.14. The van der Waals surface area contributed by atoms with Crippen LogP contribution in [0.25, 0.3) is 0 Å². The molecule has 0 heterocycles. The van der Waals surface area contributed by atoms with Gasteiger partial charge < -0.3 is 10.5 Å². The highest BCUT2D eigenvalue weighted by atomic mass is 16.6. The second kappa shape index (κ2) is 7.46. The molecular weight excluding hydrogens is 206 g/mol. The summed E-state index contributed by atoms with van der Waals surface area (Å²) in [4.78, 5) is 11.4. The Morgan fingerprint density at radius 3 is 2.25 bits per heavy atom. The fraction of sp³-hybridized carbons (Fsp3) is 0.909. The Morgan fingerprint density at radius 2 is 1.75 bits per heavy atom. The van der Waals surface area contributed by atoms with Crippen molar-refractivity contribution in [1.29, 1.82) is 0 Å². The van der Waals surface area contributed by atoms with Gasteiger partial charge in [-0.2, -0.15) is 0 Å². The maximum absolute atomic E-state index is 11.4. The maximum atomic E-state index is 11.4. The van der Waals surface area contributed by atoms with Gasteiger partial charge in [-0.15, -0.1) is 0 Å². The van der Waals surface area contributed by atoms with E-state index in [1.807, 2.05) is 20.8 Å². The van der Waals surface area contributed by atoms with Crippen LogP contribution < -0.4 is 11.6 Å². The molecule has 0 fully saturated rings. The Bertz CT molecular complexity index is 202. The van der Waals surface area contributed by atoms with Crippen LogP contribution in [0.4, 0.5) is 4.79 Å². The van der Waals surface area contributed by atoms with Crippen LogP contribution in [0.15, 0.2) is 0 Å². The molecular formula is C11H25N3O2. The van der Waals surface area contributed by atoms with Crippen molar-refractivity contribution in [3.63, 3.8) is 0 Å². The molecule has 0 aromatic heterocycles. The van der Waals surface area contributed by atoms with Crippen molar-refractivity contribution in [3.8, 4) is 0 Å². The van der Waals surface area contributed by atoms with Crippen molar-refractivity contribution < 1.29 is 9.53 Å². The molecule has 0 saturated heterocycles. The first kappa shape index (κ1) is 15.2. The number of ether oxygens (including phenoxy) is 1. The van der Waals surface area contributed by atoms with Crippen LogP contribution in [0, 0.1) is 0 Å². The number of hydrogen-bond donors (Lipinski definition) is 2. The molecule has 16 heavy (non-hydrogen) atoms. The number of nitrogens with two attached hydrogens (primary N) is 2. The van der Waals surface area contributed by atoms with Crippen LogP contribution in [-0.2, 0) is 4.74 Å². The number of hydrazine groups is 1. The van der Waals surface area contributed by atoms with Crippen LogP contribution in [0.1, 0.15) is 46.5 Å². The van der Waals surface area contributed by atoms with Gasteiger partial charge in [0.15, 0.2) is 0 Å². The van der Waals surface area contributed by atoms with Crippen LogP contribution in [0.5, 0.6) is 0 Å². The van der Waals surface area contributed by atoms with Crippen molar-refractivity contribution in [2.45, 2.75) is 52.1 Å². The molecule has 0 bridgehead atoms. The van der Waals surface area contributed by atoms with E-state index in [9.17, 15) is 4.79 Å². The number of nitrogens with zero attached hydrogens (tertiary/aromatic N) is 1. The lowest BCUT2D eigenvalue weighted by Gasteiger charge is -2.24. The third kappa shape index (κ3) is 8.49. The number of amides is 1. The van der Waals surface area contributed by atoms with E-state index >= 15 is 0 Å². The summed E-state index contributed by atoms with van der Waals surface area (Å²) in [7, 11) is 0. The SMILES string of the molecule is CC(C)(C)OC(=O)N(N)CCCCCCN. The summed E-state index contributed by atoms with van der Waals surface area (Å²) in [5.74, 6) is 5.57. The third-order valence-corrected chi connectivity index (χ3v) is 1.98. The minimum absolute atomic E-state index is 0.466. The molecule has 96 valence electrons. The van der Waals surface area contributed by atoms with Crippen molar-refractivity contribution in [3.05, 3.63) is 0 Å². The van der Waals surface area contributed by atoms with Crippen molar-refractivity contribution >= 4 is 6.09 Å². The number of carbonyl (C=O) groups excluding carboxylic acids is 1. The van der Waals surface area contributed by atoms with Gasteiger partial charge >= 0.3 is 6.09 Å². The van der Waals surface area contributed by atoms with E-state index < -0.39 is 11.7 Å². The van der Waals surface area contributed by atoms with Crippen molar-refractivity contribution in [1.82, 2.24) is 5.01 Å². The topological polar surface area (TPSA) is 81.6 Å². The van der Waals surface area contributed by atoms with Crippen LogP contribution in [-0.4, -0.2) is 29.8 Å². The van der Waals surface area contributed by atoms with Gasteiger partial charge in [-0.25, -0.2) is 15.6 Å². The van der Waals surface area contributed by atoms with Gasteiger partial charge in [0.2, 0.25) is 0 Å². The fourth-order valence-corrected chi connectivity index (χ4v) is 1.19. The monoisotopic (exact) mass is 231 g/mol. The molecule has 0 unspecified atom stereocenters. The lowest BCUT2D eigenvalue weighted by Crippen LogP contribution is -2.42. The molecule has 0 rings (SSSR count). The van der Waals surface area contributed by atoms with E-state index in [2.05, 4.69) is 0 Å². The number of unbranched alkanes of at least 4 members (excludes halogenated alkanes) is 3. The number of carbonyl (C=O) groups is 1. The first-order chi connectivity index (χ1) is 7.37. The Labute approximate surface area is 98.1 Å². The smallest absolute Gasteiger partial charge is 0.424 e. The summed E-state index contributed by atoms with van der Waals surface area (Å²) >= 11 is 0. The summed E-state index contributed by atoms with van der Waals surface area (Å²) in [5, 5.41) is 1.13. The molecule has 5 heteroatoms. The van der Waals surface area contributed by atoms with Crippen LogP contribution in [0.2, 0.25) is 0 Å². The van der Waals surface area contributed by atoms with E-state index in [0.29, 0.717) is 6.54 Å². The zero-order chi connectivity index (χ0) is 12.6. The standard InChI is InChI=1S/C11H25N3O2/c1-11(2,3)16-10(15)14(13)9-7-5-4-6-8-12/h4-9,12-13H2,1-3H3. The summed E-state index contributed by atoms with van der Waals surface area (Å²) in [6.45, 7) is 6.71. The van der Waals surface area contributed by atoms with Gasteiger partial charge in [0.05, 0.1) is 0 Å². The zero-order valence-electron chi connectivity index (χ0n) is 10.7. The highest BCUT2D eigenvalue weighted by molar-refractivity contribution is 5.67. The molecule has 0 aliphatic rings. The molecule has 0 aliphatic carbocycles. The first-order valence-electron chi connectivity index (χ1n) is 5.82. The summed E-state index contributed by atoms with van der Waals surface area (Å²) in [6.07, 6.45) is 3.56. The van der Waals surface area contributed by atoms with E-state index in [4.69, 9.17) is 16.3 Å². The predicted octanol–water partition coefficient (Wildman–Crippen LogP) is 1.62. The zero-order valence-corrected chi connectivity index (χ0v) is 10.7. The van der Waals surface area contributed by atoms with Gasteiger partial charge in [0, 0.05) is 6.54 Å². The number of hydrogen-bond acceptors (Lipinski definition) is 4. The molecule has 4 N–H and O–H groups in total. The second-order valence-electron chi connectivity index (χ2n) is 4.88. The summed E-state index contributed by atoms with van der Waals surface area (Å²) < 4.78 is 5.12. The molecule has 0 aromatic rings. The minimum atomic E-state index is -0.492. The highest BCUT2D eigenvalue weighted by Gasteiger charge is 2.19. The Hall–Kier alpha value is -0.810. The third-order valence-electron chi connectivity index (χ3n) is 1.98. The Morgan fingerprint density at radius 1 is 1.19 bits per heavy atom. The van der Waals surface area contributed by atoms with Gasteiger partial charge in [0.25, 0.3) is 0 Å². The molecule has 0 saturated carbocycles. The fourth-order valence-electron chi connectivity index (χ4n) is 1.19. The van der Waals surface area contributed by atoms with E-state index in [1.165, 1.54) is 0 Å². The van der Waals surface area contributed by atoms with Gasteiger partial charge in [-0.05, 0) is 40.2 Å². The average molecular weight is 231 g/mol. The molecule has 1 amide bonds. The quantitative estimate of drug-likeness (QED) is 0.315. The van der Waals surface area contributed by atoms with Gasteiger partial charge in [-0.1, -0.05) is 12.8 Å². The summed E-state index contributed by atoms with van der Waals surface area (Å²) in [6, 6.07) is 0. The highest BCUT2D eigenvalue weighted by Crippen LogP contribution is 2.09. The Balaban J connectivity index is 3.64. The van der Waals surface area contributed by atoms with E-state index in [0.717, 1.165) is 37.2 Å². The molecule has 0 atom stereocenters. The van der Waals surface area contributed by atoms with Crippen molar-refractivity contribution in [2.75, 3.05) is 13.1 Å².